The largest absolute Gasteiger partial charge is 0.315 e. The molecule has 1 aromatic rings. The predicted octanol–water partition coefficient (Wildman–Crippen LogP) is 3.27. The van der Waals surface area contributed by atoms with E-state index in [-0.39, 0.29) is 11.2 Å². The molecule has 0 saturated carbocycles. The Morgan fingerprint density at radius 1 is 1.47 bits per heavy atom. The Balaban J connectivity index is 2.42. The Morgan fingerprint density at radius 2 is 2.18 bits per heavy atom. The van der Waals surface area contributed by atoms with Crippen molar-refractivity contribution in [3.8, 4) is 6.07 Å². The standard InChI is InChI=1S/C13H16BrFN2/c1-13(2,8-16)9-17-6-5-10-7-11(14)3-4-12(10)15/h3-4,7,17H,5-6,9H2,1-2H3. The van der Waals surface area contributed by atoms with Crippen molar-refractivity contribution in [2.45, 2.75) is 20.3 Å². The molecule has 0 atom stereocenters. The Kier molecular flexibility index (Phi) is 5.10. The molecule has 0 aliphatic heterocycles. The summed E-state index contributed by atoms with van der Waals surface area (Å²) < 4.78 is 14.3. The zero-order chi connectivity index (χ0) is 12.9. The average molecular weight is 299 g/mol. The third-order valence-electron chi connectivity index (χ3n) is 2.45. The van der Waals surface area contributed by atoms with Crippen LogP contribution in [0.2, 0.25) is 0 Å². The normalized spacial score (nSPS) is 11.2. The van der Waals surface area contributed by atoms with Crippen molar-refractivity contribution in [1.29, 1.82) is 5.26 Å². The van der Waals surface area contributed by atoms with Crippen molar-refractivity contribution in [3.63, 3.8) is 0 Å². The lowest BCUT2D eigenvalue weighted by atomic mass is 9.96. The lowest BCUT2D eigenvalue weighted by molar-refractivity contribution is 0.446. The van der Waals surface area contributed by atoms with Crippen LogP contribution >= 0.6 is 15.9 Å². The summed E-state index contributed by atoms with van der Waals surface area (Å²) in [7, 11) is 0. The number of hydrogen-bond acceptors (Lipinski definition) is 2. The van der Waals surface area contributed by atoms with Gasteiger partial charge in [-0.3, -0.25) is 0 Å². The van der Waals surface area contributed by atoms with Gasteiger partial charge in [0.25, 0.3) is 0 Å². The van der Waals surface area contributed by atoms with Crippen LogP contribution in [0.3, 0.4) is 0 Å². The highest BCUT2D eigenvalue weighted by Crippen LogP contribution is 2.16. The molecule has 0 aliphatic carbocycles. The zero-order valence-electron chi connectivity index (χ0n) is 10.1. The summed E-state index contributed by atoms with van der Waals surface area (Å²) in [5.41, 5.74) is 0.303. The first-order valence-electron chi connectivity index (χ1n) is 5.50. The quantitative estimate of drug-likeness (QED) is 0.847. The second-order valence-corrected chi connectivity index (χ2v) is 5.57. The molecule has 0 fully saturated rings. The number of benzene rings is 1. The van der Waals surface area contributed by atoms with Gasteiger partial charge in [0.2, 0.25) is 0 Å². The maximum absolute atomic E-state index is 13.4. The molecule has 0 saturated heterocycles. The Morgan fingerprint density at radius 3 is 2.82 bits per heavy atom. The molecular formula is C13H16BrFN2. The molecule has 0 aliphatic rings. The number of nitrogens with one attached hydrogen (secondary N) is 1. The Hall–Kier alpha value is -0.920. The van der Waals surface area contributed by atoms with Crippen LogP contribution in [0.15, 0.2) is 22.7 Å². The SMILES string of the molecule is CC(C)(C#N)CNCCc1cc(Br)ccc1F. The molecular weight excluding hydrogens is 283 g/mol. The lowest BCUT2D eigenvalue weighted by Gasteiger charge is -2.15. The first kappa shape index (κ1) is 14.1. The van der Waals surface area contributed by atoms with Gasteiger partial charge in [-0.15, -0.1) is 0 Å². The summed E-state index contributed by atoms with van der Waals surface area (Å²) in [6.45, 7) is 5.02. The van der Waals surface area contributed by atoms with E-state index in [1.807, 2.05) is 13.8 Å². The molecule has 0 unspecified atom stereocenters. The molecule has 0 aromatic heterocycles. The van der Waals surface area contributed by atoms with Crippen LogP contribution in [0.25, 0.3) is 0 Å². The van der Waals surface area contributed by atoms with E-state index >= 15 is 0 Å². The molecule has 0 amide bonds. The van der Waals surface area contributed by atoms with Crippen molar-refractivity contribution in [1.82, 2.24) is 5.32 Å². The zero-order valence-corrected chi connectivity index (χ0v) is 11.6. The van der Waals surface area contributed by atoms with E-state index in [4.69, 9.17) is 5.26 Å². The molecule has 0 heterocycles. The molecule has 1 rings (SSSR count). The number of nitriles is 1. The van der Waals surface area contributed by atoms with Gasteiger partial charge < -0.3 is 5.32 Å². The third-order valence-corrected chi connectivity index (χ3v) is 2.94. The van der Waals surface area contributed by atoms with Crippen LogP contribution < -0.4 is 5.32 Å². The smallest absolute Gasteiger partial charge is 0.126 e. The van der Waals surface area contributed by atoms with Crippen molar-refractivity contribution in [3.05, 3.63) is 34.1 Å². The highest BCUT2D eigenvalue weighted by Gasteiger charge is 2.15. The summed E-state index contributed by atoms with van der Waals surface area (Å²) in [5, 5.41) is 12.0. The van der Waals surface area contributed by atoms with Crippen LogP contribution in [0.4, 0.5) is 4.39 Å². The van der Waals surface area contributed by atoms with E-state index < -0.39 is 0 Å². The van der Waals surface area contributed by atoms with Gasteiger partial charge in [0, 0.05) is 11.0 Å². The van der Waals surface area contributed by atoms with Crippen LogP contribution in [0, 0.1) is 22.6 Å². The fourth-order valence-corrected chi connectivity index (χ4v) is 1.81. The van der Waals surface area contributed by atoms with Gasteiger partial charge in [-0.2, -0.15) is 5.26 Å². The van der Waals surface area contributed by atoms with Crippen LogP contribution in [0.1, 0.15) is 19.4 Å². The molecule has 0 spiro atoms. The molecule has 1 aromatic carbocycles. The van der Waals surface area contributed by atoms with E-state index in [0.29, 0.717) is 25.1 Å². The first-order valence-corrected chi connectivity index (χ1v) is 6.30. The van der Waals surface area contributed by atoms with Crippen LogP contribution in [0.5, 0.6) is 0 Å². The third kappa shape index (κ3) is 4.84. The maximum Gasteiger partial charge on any atom is 0.126 e. The van der Waals surface area contributed by atoms with E-state index in [9.17, 15) is 4.39 Å². The van der Waals surface area contributed by atoms with Crippen LogP contribution in [-0.2, 0) is 6.42 Å². The maximum atomic E-state index is 13.4. The fraction of sp³-hybridized carbons (Fsp3) is 0.462. The summed E-state index contributed by atoms with van der Waals surface area (Å²) >= 11 is 3.32. The minimum atomic E-state index is -0.379. The Bertz CT molecular complexity index is 424. The second-order valence-electron chi connectivity index (χ2n) is 4.66. The molecule has 17 heavy (non-hydrogen) atoms. The summed E-state index contributed by atoms with van der Waals surface area (Å²) in [4.78, 5) is 0. The van der Waals surface area contributed by atoms with Gasteiger partial charge >= 0.3 is 0 Å². The predicted molar refractivity (Wildman–Crippen MR) is 70.1 cm³/mol. The minimum absolute atomic E-state index is 0.186. The van der Waals surface area contributed by atoms with Crippen molar-refractivity contribution in [2.24, 2.45) is 5.41 Å². The van der Waals surface area contributed by atoms with Crippen LogP contribution in [-0.4, -0.2) is 13.1 Å². The second kappa shape index (κ2) is 6.13. The molecule has 92 valence electrons. The lowest BCUT2D eigenvalue weighted by Crippen LogP contribution is -2.29. The van der Waals surface area contributed by atoms with Crippen molar-refractivity contribution in [2.75, 3.05) is 13.1 Å². The summed E-state index contributed by atoms with van der Waals surface area (Å²) in [6, 6.07) is 7.14. The van der Waals surface area contributed by atoms with Gasteiger partial charge in [0.15, 0.2) is 0 Å². The fourth-order valence-electron chi connectivity index (χ4n) is 1.40. The monoisotopic (exact) mass is 298 g/mol. The molecule has 0 bridgehead atoms. The topological polar surface area (TPSA) is 35.8 Å². The molecule has 4 heteroatoms. The van der Waals surface area contributed by atoms with Gasteiger partial charge in [0.05, 0.1) is 11.5 Å². The average Bonchev–Trinajstić information content (AvgIpc) is 2.29. The highest BCUT2D eigenvalue weighted by molar-refractivity contribution is 9.10. The first-order chi connectivity index (χ1) is 7.94. The Labute approximate surface area is 110 Å². The van der Waals surface area contributed by atoms with Gasteiger partial charge in [-0.05, 0) is 50.6 Å². The molecule has 0 radical (unpaired) electrons. The summed E-state index contributed by atoms with van der Waals surface area (Å²) in [5.74, 6) is -0.186. The van der Waals surface area contributed by atoms with Gasteiger partial charge in [-0.25, -0.2) is 4.39 Å². The summed E-state index contributed by atoms with van der Waals surface area (Å²) in [6.07, 6.45) is 0.618. The number of hydrogen-bond donors (Lipinski definition) is 1. The number of nitrogens with zero attached hydrogens (tertiary/aromatic N) is 1. The minimum Gasteiger partial charge on any atom is -0.315 e. The molecule has 2 nitrogen and oxygen atoms in total. The van der Waals surface area contributed by atoms with E-state index in [1.165, 1.54) is 6.07 Å². The van der Waals surface area contributed by atoms with Crippen molar-refractivity contribution >= 4 is 15.9 Å². The van der Waals surface area contributed by atoms with E-state index in [2.05, 4.69) is 27.3 Å². The van der Waals surface area contributed by atoms with Gasteiger partial charge in [-0.1, -0.05) is 15.9 Å². The van der Waals surface area contributed by atoms with E-state index in [0.717, 1.165) is 4.47 Å². The number of rotatable bonds is 5. The highest BCUT2D eigenvalue weighted by atomic mass is 79.9. The van der Waals surface area contributed by atoms with Crippen molar-refractivity contribution < 1.29 is 4.39 Å². The van der Waals surface area contributed by atoms with E-state index in [1.54, 1.807) is 12.1 Å². The number of halogens is 2. The molecule has 1 N–H and O–H groups in total. The van der Waals surface area contributed by atoms with Gasteiger partial charge in [0.1, 0.15) is 5.82 Å².